The number of aromatic nitrogens is 2. The minimum atomic E-state index is -3.25. The molecule has 0 saturated heterocycles. The molecule has 1 heterocycles. The van der Waals surface area contributed by atoms with Gasteiger partial charge in [-0.1, -0.05) is 18.5 Å². The van der Waals surface area contributed by atoms with E-state index in [0.29, 0.717) is 17.3 Å². The van der Waals surface area contributed by atoms with E-state index in [1.807, 2.05) is 0 Å². The minimum absolute atomic E-state index is 0.247. The summed E-state index contributed by atoms with van der Waals surface area (Å²) in [4.78, 5) is 4.37. The van der Waals surface area contributed by atoms with Crippen LogP contribution in [-0.4, -0.2) is 24.2 Å². The number of rotatable bonds is 6. The van der Waals surface area contributed by atoms with Crippen LogP contribution in [0.5, 0.6) is 0 Å². The van der Waals surface area contributed by atoms with Crippen molar-refractivity contribution in [2.24, 2.45) is 0 Å². The molecular weight excluding hydrogens is 310 g/mol. The molecular formula is C14H18ClN3O2S. The zero-order valence-corrected chi connectivity index (χ0v) is 13.6. The summed E-state index contributed by atoms with van der Waals surface area (Å²) in [7, 11) is -3.25. The summed E-state index contributed by atoms with van der Waals surface area (Å²) in [6.07, 6.45) is 5.77. The van der Waals surface area contributed by atoms with Crippen LogP contribution < -0.4 is 5.32 Å². The molecule has 5 nitrogen and oxygen atoms in total. The largest absolute Gasteiger partial charge is 0.378 e. The lowest BCUT2D eigenvalue weighted by molar-refractivity contribution is 0.602. The van der Waals surface area contributed by atoms with Crippen molar-refractivity contribution < 1.29 is 8.42 Å². The zero-order chi connectivity index (χ0) is 15.5. The molecule has 1 aromatic heterocycles. The van der Waals surface area contributed by atoms with E-state index in [-0.39, 0.29) is 4.90 Å². The lowest BCUT2D eigenvalue weighted by Gasteiger charge is -2.11. The maximum Gasteiger partial charge on any atom is 0.175 e. The second-order valence-corrected chi connectivity index (χ2v) is 7.27. The Morgan fingerprint density at radius 2 is 2.14 bits per heavy atom. The molecule has 0 aliphatic rings. The van der Waals surface area contributed by atoms with E-state index < -0.39 is 9.84 Å². The van der Waals surface area contributed by atoms with Crippen molar-refractivity contribution in [2.75, 3.05) is 11.6 Å². The topological polar surface area (TPSA) is 64.0 Å². The third-order valence-electron chi connectivity index (χ3n) is 3.09. The van der Waals surface area contributed by atoms with Crippen LogP contribution in [0, 0.1) is 0 Å². The Labute approximate surface area is 129 Å². The highest BCUT2D eigenvalue weighted by Gasteiger charge is 2.10. The summed E-state index contributed by atoms with van der Waals surface area (Å²) < 4.78 is 25.2. The Morgan fingerprint density at radius 1 is 1.38 bits per heavy atom. The van der Waals surface area contributed by atoms with E-state index in [4.69, 9.17) is 11.6 Å². The first-order chi connectivity index (χ1) is 9.91. The van der Waals surface area contributed by atoms with Gasteiger partial charge in [-0.3, -0.25) is 0 Å². The molecule has 2 rings (SSSR count). The summed E-state index contributed by atoms with van der Waals surface area (Å²) in [5.41, 5.74) is 1.63. The van der Waals surface area contributed by atoms with Gasteiger partial charge in [-0.15, -0.1) is 0 Å². The maximum atomic E-state index is 11.6. The first-order valence-corrected chi connectivity index (χ1v) is 8.91. The summed E-state index contributed by atoms with van der Waals surface area (Å²) >= 11 is 6.11. The van der Waals surface area contributed by atoms with Crippen LogP contribution in [0.4, 0.5) is 5.69 Å². The van der Waals surface area contributed by atoms with Gasteiger partial charge in [0.2, 0.25) is 0 Å². The van der Waals surface area contributed by atoms with Crippen LogP contribution in [-0.2, 0) is 22.9 Å². The van der Waals surface area contributed by atoms with Crippen molar-refractivity contribution in [1.29, 1.82) is 0 Å². The van der Waals surface area contributed by atoms with E-state index in [0.717, 1.165) is 18.7 Å². The first-order valence-electron chi connectivity index (χ1n) is 6.64. The highest BCUT2D eigenvalue weighted by atomic mass is 35.5. The lowest BCUT2D eigenvalue weighted by Crippen LogP contribution is -2.08. The molecule has 1 N–H and O–H groups in total. The molecule has 0 aliphatic carbocycles. The predicted octanol–water partition coefficient (Wildman–Crippen LogP) is 2.96. The molecule has 0 unspecified atom stereocenters. The van der Waals surface area contributed by atoms with Crippen molar-refractivity contribution in [3.63, 3.8) is 0 Å². The van der Waals surface area contributed by atoms with Crippen LogP contribution >= 0.6 is 11.6 Å². The molecule has 0 amide bonds. The first kappa shape index (κ1) is 15.9. The monoisotopic (exact) mass is 327 g/mol. The second-order valence-electron chi connectivity index (χ2n) is 4.85. The molecule has 7 heteroatoms. The summed E-state index contributed by atoms with van der Waals surface area (Å²) in [5, 5.41) is 3.66. The average Bonchev–Trinajstić information content (AvgIpc) is 2.84. The zero-order valence-electron chi connectivity index (χ0n) is 12.0. The van der Waals surface area contributed by atoms with Gasteiger partial charge in [-0.2, -0.15) is 0 Å². The molecule has 0 bridgehead atoms. The van der Waals surface area contributed by atoms with Gasteiger partial charge in [-0.25, -0.2) is 13.4 Å². The van der Waals surface area contributed by atoms with E-state index in [9.17, 15) is 8.42 Å². The van der Waals surface area contributed by atoms with Crippen molar-refractivity contribution in [3.05, 3.63) is 41.4 Å². The summed E-state index contributed by atoms with van der Waals surface area (Å²) in [6.45, 7) is 3.53. The van der Waals surface area contributed by atoms with Gasteiger partial charge in [0, 0.05) is 19.0 Å². The number of sulfone groups is 1. The van der Waals surface area contributed by atoms with E-state index in [1.165, 1.54) is 12.3 Å². The number of anilines is 1. The third-order valence-corrected chi connectivity index (χ3v) is 4.53. The number of benzene rings is 1. The second kappa shape index (κ2) is 6.49. The molecule has 0 aliphatic heterocycles. The number of halogens is 1. The average molecular weight is 328 g/mol. The summed E-state index contributed by atoms with van der Waals surface area (Å²) in [5.74, 6) is 0. The smallest absolute Gasteiger partial charge is 0.175 e. The van der Waals surface area contributed by atoms with E-state index in [2.05, 4.69) is 21.8 Å². The molecule has 21 heavy (non-hydrogen) atoms. The van der Waals surface area contributed by atoms with E-state index >= 15 is 0 Å². The third kappa shape index (κ3) is 3.98. The summed E-state index contributed by atoms with van der Waals surface area (Å²) in [6, 6.07) is 4.64. The van der Waals surface area contributed by atoms with Crippen LogP contribution in [0.3, 0.4) is 0 Å². The molecule has 2 aromatic rings. The fraction of sp³-hybridized carbons (Fsp3) is 0.357. The van der Waals surface area contributed by atoms with Crippen molar-refractivity contribution in [2.45, 2.75) is 31.3 Å². The Morgan fingerprint density at radius 3 is 2.81 bits per heavy atom. The lowest BCUT2D eigenvalue weighted by atomic mass is 10.3. The normalized spacial score (nSPS) is 11.6. The van der Waals surface area contributed by atoms with Gasteiger partial charge in [-0.05, 0) is 24.6 Å². The quantitative estimate of drug-likeness (QED) is 0.886. The molecule has 114 valence electrons. The van der Waals surface area contributed by atoms with Gasteiger partial charge < -0.3 is 9.88 Å². The minimum Gasteiger partial charge on any atom is -0.378 e. The fourth-order valence-electron chi connectivity index (χ4n) is 1.99. The highest BCUT2D eigenvalue weighted by molar-refractivity contribution is 7.90. The van der Waals surface area contributed by atoms with Crippen LogP contribution in [0.2, 0.25) is 5.02 Å². The Kier molecular flexibility index (Phi) is 4.90. The predicted molar refractivity (Wildman–Crippen MR) is 84.4 cm³/mol. The Bertz CT molecular complexity index is 726. The molecule has 0 spiro atoms. The number of hydrogen-bond acceptors (Lipinski definition) is 4. The maximum absolute atomic E-state index is 11.6. The van der Waals surface area contributed by atoms with Crippen molar-refractivity contribution in [3.8, 4) is 0 Å². The molecule has 0 radical (unpaired) electrons. The molecule has 1 aromatic carbocycles. The van der Waals surface area contributed by atoms with Gasteiger partial charge in [0.25, 0.3) is 0 Å². The Balaban J connectivity index is 2.18. The number of aryl methyl sites for hydroxylation is 1. The fourth-order valence-corrected chi connectivity index (χ4v) is 2.83. The highest BCUT2D eigenvalue weighted by Crippen LogP contribution is 2.25. The van der Waals surface area contributed by atoms with Crippen molar-refractivity contribution >= 4 is 27.1 Å². The SMILES string of the molecule is CCCn1cncc1CNc1cc(S(C)(=O)=O)ccc1Cl. The number of hydrogen-bond donors (Lipinski definition) is 1. The number of nitrogens with zero attached hydrogens (tertiary/aromatic N) is 2. The van der Waals surface area contributed by atoms with Crippen molar-refractivity contribution in [1.82, 2.24) is 9.55 Å². The number of imidazole rings is 1. The van der Waals surface area contributed by atoms with Gasteiger partial charge in [0.05, 0.1) is 34.2 Å². The van der Waals surface area contributed by atoms with Gasteiger partial charge in [0.15, 0.2) is 9.84 Å². The van der Waals surface area contributed by atoms with Crippen LogP contribution in [0.25, 0.3) is 0 Å². The molecule has 0 fully saturated rings. The molecule has 0 atom stereocenters. The number of nitrogens with one attached hydrogen (secondary N) is 1. The Hall–Kier alpha value is -1.53. The standard InChI is InChI=1S/C14H18ClN3O2S/c1-3-6-18-10-16-8-11(18)9-17-14-7-12(21(2,19)20)4-5-13(14)15/h4-5,7-8,10,17H,3,6,9H2,1-2H3. The van der Waals surface area contributed by atoms with Crippen LogP contribution in [0.1, 0.15) is 19.0 Å². The van der Waals surface area contributed by atoms with Gasteiger partial charge in [0.1, 0.15) is 0 Å². The van der Waals surface area contributed by atoms with Crippen LogP contribution in [0.15, 0.2) is 35.6 Å². The van der Waals surface area contributed by atoms with E-state index in [1.54, 1.807) is 24.7 Å². The van der Waals surface area contributed by atoms with Gasteiger partial charge >= 0.3 is 0 Å². The molecule has 0 saturated carbocycles.